The Balaban J connectivity index is 1.79. The number of likely N-dealkylation sites (N-methyl/N-ethyl adjacent to an activating group) is 1. The lowest BCUT2D eigenvalue weighted by Crippen LogP contribution is -2.59. The predicted molar refractivity (Wildman–Crippen MR) is 111 cm³/mol. The highest BCUT2D eigenvalue weighted by atomic mass is 16.2. The van der Waals surface area contributed by atoms with Crippen LogP contribution < -0.4 is 0 Å². The van der Waals surface area contributed by atoms with Gasteiger partial charge in [0.15, 0.2) is 0 Å². The molecule has 0 spiro atoms. The second-order valence-electron chi connectivity index (χ2n) is 7.76. The molecule has 1 atom stereocenters. The Morgan fingerprint density at radius 2 is 1.89 bits per heavy atom. The third-order valence-electron chi connectivity index (χ3n) is 5.25. The molecular weight excluding hydrogens is 350 g/mol. The Morgan fingerprint density at radius 1 is 1.14 bits per heavy atom. The number of amides is 2. The number of nitrogens with zero attached hydrogens (tertiary/aromatic N) is 3. The maximum atomic E-state index is 13.0. The number of rotatable bonds is 6. The topological polar surface area (TPSA) is 53.5 Å². The first-order valence-corrected chi connectivity index (χ1v) is 10.1. The van der Waals surface area contributed by atoms with E-state index >= 15 is 0 Å². The summed E-state index contributed by atoms with van der Waals surface area (Å²) in [6.07, 6.45) is 4.63. The van der Waals surface area contributed by atoms with Crippen molar-refractivity contribution in [3.8, 4) is 11.1 Å². The van der Waals surface area contributed by atoms with Gasteiger partial charge in [-0.3, -0.25) is 14.6 Å². The molecule has 1 saturated heterocycles. The first kappa shape index (κ1) is 20.1. The molecule has 0 unspecified atom stereocenters. The van der Waals surface area contributed by atoms with Gasteiger partial charge in [0, 0.05) is 44.9 Å². The van der Waals surface area contributed by atoms with Crippen molar-refractivity contribution in [1.29, 1.82) is 0 Å². The van der Waals surface area contributed by atoms with E-state index in [0.717, 1.165) is 16.7 Å². The van der Waals surface area contributed by atoms with Crippen LogP contribution in [0.1, 0.15) is 32.8 Å². The van der Waals surface area contributed by atoms with Gasteiger partial charge < -0.3 is 9.80 Å². The molecule has 0 N–H and O–H groups in total. The van der Waals surface area contributed by atoms with Gasteiger partial charge in [-0.15, -0.1) is 0 Å². The molecular formula is C23H29N3O2. The Bertz CT molecular complexity index is 802. The van der Waals surface area contributed by atoms with Crippen LogP contribution in [-0.4, -0.2) is 52.3 Å². The van der Waals surface area contributed by atoms with Gasteiger partial charge in [-0.1, -0.05) is 44.2 Å². The summed E-state index contributed by atoms with van der Waals surface area (Å²) in [4.78, 5) is 33.5. The Hall–Kier alpha value is -2.69. The second kappa shape index (κ2) is 9.00. The summed E-state index contributed by atoms with van der Waals surface area (Å²) in [5, 5.41) is 0. The maximum Gasteiger partial charge on any atom is 0.245 e. The first-order valence-electron chi connectivity index (χ1n) is 10.1. The molecule has 1 aromatic carbocycles. The zero-order chi connectivity index (χ0) is 20.1. The molecule has 0 aliphatic carbocycles. The highest BCUT2D eigenvalue weighted by Crippen LogP contribution is 2.22. The molecule has 1 aromatic heterocycles. The van der Waals surface area contributed by atoms with Crippen molar-refractivity contribution in [2.45, 2.75) is 39.7 Å². The van der Waals surface area contributed by atoms with Crippen molar-refractivity contribution >= 4 is 11.8 Å². The number of aromatic nitrogens is 1. The van der Waals surface area contributed by atoms with Gasteiger partial charge in [-0.05, 0) is 35.6 Å². The monoisotopic (exact) mass is 379 g/mol. The van der Waals surface area contributed by atoms with E-state index in [1.807, 2.05) is 56.1 Å². The van der Waals surface area contributed by atoms with Crippen LogP contribution in [0.3, 0.4) is 0 Å². The van der Waals surface area contributed by atoms with Crippen molar-refractivity contribution in [3.05, 3.63) is 54.4 Å². The summed E-state index contributed by atoms with van der Waals surface area (Å²) in [6.45, 7) is 7.98. The number of hydrogen-bond acceptors (Lipinski definition) is 3. The molecule has 0 bridgehead atoms. The quantitative estimate of drug-likeness (QED) is 0.773. The molecule has 148 valence electrons. The van der Waals surface area contributed by atoms with Crippen molar-refractivity contribution in [2.75, 3.05) is 19.6 Å². The Labute approximate surface area is 167 Å². The fraction of sp³-hybridized carbons (Fsp3) is 0.435. The van der Waals surface area contributed by atoms with Crippen LogP contribution >= 0.6 is 0 Å². The lowest BCUT2D eigenvalue weighted by molar-refractivity contribution is -0.151. The van der Waals surface area contributed by atoms with E-state index in [9.17, 15) is 9.59 Å². The summed E-state index contributed by atoms with van der Waals surface area (Å²) in [7, 11) is 0. The molecule has 1 aliphatic rings. The van der Waals surface area contributed by atoms with Gasteiger partial charge >= 0.3 is 0 Å². The first-order chi connectivity index (χ1) is 13.5. The van der Waals surface area contributed by atoms with E-state index in [1.54, 1.807) is 11.1 Å². The zero-order valence-corrected chi connectivity index (χ0v) is 17.0. The predicted octanol–water partition coefficient (Wildman–Crippen LogP) is 3.40. The maximum absolute atomic E-state index is 13.0. The van der Waals surface area contributed by atoms with E-state index in [1.165, 1.54) is 0 Å². The summed E-state index contributed by atoms with van der Waals surface area (Å²) in [5.41, 5.74) is 3.22. The molecule has 1 aliphatic heterocycles. The van der Waals surface area contributed by atoms with Crippen LogP contribution in [0, 0.1) is 5.92 Å². The largest absolute Gasteiger partial charge is 0.339 e. The Morgan fingerprint density at radius 3 is 2.50 bits per heavy atom. The minimum atomic E-state index is -0.413. The fourth-order valence-electron chi connectivity index (χ4n) is 3.71. The highest BCUT2D eigenvalue weighted by Gasteiger charge is 2.36. The second-order valence-corrected chi connectivity index (χ2v) is 7.76. The highest BCUT2D eigenvalue weighted by molar-refractivity contribution is 5.89. The van der Waals surface area contributed by atoms with Gasteiger partial charge in [-0.25, -0.2) is 0 Å². The van der Waals surface area contributed by atoms with Gasteiger partial charge in [0.05, 0.1) is 0 Å². The van der Waals surface area contributed by atoms with Crippen molar-refractivity contribution in [1.82, 2.24) is 14.8 Å². The normalized spacial score (nSPS) is 17.3. The third-order valence-corrected chi connectivity index (χ3v) is 5.25. The van der Waals surface area contributed by atoms with Crippen LogP contribution in [0.5, 0.6) is 0 Å². The summed E-state index contributed by atoms with van der Waals surface area (Å²) >= 11 is 0. The van der Waals surface area contributed by atoms with E-state index in [2.05, 4.69) is 17.1 Å². The van der Waals surface area contributed by atoms with Crippen LogP contribution in [0.2, 0.25) is 0 Å². The standard InChI is InChI=1S/C23H29N3O2/c1-4-25-12-13-26(22(27)14-17(2)3)21(23(25)28)15-18-7-9-19(10-8-18)20-6-5-11-24-16-20/h5-11,16-17,21H,4,12-15H2,1-3H3/t21-/m1/s1. The van der Waals surface area contributed by atoms with E-state index in [4.69, 9.17) is 0 Å². The number of piperazine rings is 1. The molecule has 2 amide bonds. The van der Waals surface area contributed by atoms with Gasteiger partial charge in [0.2, 0.25) is 11.8 Å². The molecule has 0 radical (unpaired) electrons. The lowest BCUT2D eigenvalue weighted by atomic mass is 9.97. The van der Waals surface area contributed by atoms with E-state index in [-0.39, 0.29) is 17.7 Å². The zero-order valence-electron chi connectivity index (χ0n) is 17.0. The number of pyridine rings is 1. The van der Waals surface area contributed by atoms with Gasteiger partial charge in [0.1, 0.15) is 6.04 Å². The minimum absolute atomic E-state index is 0.0576. The van der Waals surface area contributed by atoms with Crippen LogP contribution in [-0.2, 0) is 16.0 Å². The molecule has 0 saturated carbocycles. The number of carbonyl (C=O) groups is 2. The van der Waals surface area contributed by atoms with Crippen LogP contribution in [0.15, 0.2) is 48.8 Å². The average Bonchev–Trinajstić information content (AvgIpc) is 2.70. The molecule has 5 heteroatoms. The smallest absolute Gasteiger partial charge is 0.245 e. The number of benzene rings is 1. The number of carbonyl (C=O) groups excluding carboxylic acids is 2. The molecule has 2 aromatic rings. The molecule has 28 heavy (non-hydrogen) atoms. The summed E-state index contributed by atoms with van der Waals surface area (Å²) in [5.74, 6) is 0.421. The van der Waals surface area contributed by atoms with Crippen LogP contribution in [0.25, 0.3) is 11.1 Å². The minimum Gasteiger partial charge on any atom is -0.339 e. The molecule has 3 rings (SSSR count). The fourth-order valence-corrected chi connectivity index (χ4v) is 3.71. The number of hydrogen-bond donors (Lipinski definition) is 0. The van der Waals surface area contributed by atoms with Gasteiger partial charge in [0.25, 0.3) is 0 Å². The average molecular weight is 380 g/mol. The lowest BCUT2D eigenvalue weighted by Gasteiger charge is -2.40. The summed E-state index contributed by atoms with van der Waals surface area (Å²) in [6, 6.07) is 11.7. The van der Waals surface area contributed by atoms with E-state index < -0.39 is 6.04 Å². The molecule has 2 heterocycles. The van der Waals surface area contributed by atoms with Crippen LogP contribution in [0.4, 0.5) is 0 Å². The van der Waals surface area contributed by atoms with Crippen molar-refractivity contribution < 1.29 is 9.59 Å². The van der Waals surface area contributed by atoms with Crippen molar-refractivity contribution in [3.63, 3.8) is 0 Å². The SMILES string of the molecule is CCN1CCN(C(=O)CC(C)C)[C@H](Cc2ccc(-c3cccnc3)cc2)C1=O. The summed E-state index contributed by atoms with van der Waals surface area (Å²) < 4.78 is 0. The van der Waals surface area contributed by atoms with Gasteiger partial charge in [-0.2, -0.15) is 0 Å². The third kappa shape index (κ3) is 4.58. The van der Waals surface area contributed by atoms with Crippen molar-refractivity contribution in [2.24, 2.45) is 5.92 Å². The molecule has 5 nitrogen and oxygen atoms in total. The van der Waals surface area contributed by atoms with E-state index in [0.29, 0.717) is 32.5 Å². The molecule has 1 fully saturated rings. The Kier molecular flexibility index (Phi) is 6.45.